The first kappa shape index (κ1) is 14.8. The lowest BCUT2D eigenvalue weighted by Gasteiger charge is -2.09. The summed E-state index contributed by atoms with van der Waals surface area (Å²) in [4.78, 5) is 17.1. The molecule has 0 unspecified atom stereocenters. The average Bonchev–Trinajstić information content (AvgIpc) is 3.23. The second-order valence-electron chi connectivity index (χ2n) is 5.75. The van der Waals surface area contributed by atoms with Crippen LogP contribution >= 0.6 is 11.3 Å². The Bertz CT molecular complexity index is 987. The Labute approximate surface area is 142 Å². The van der Waals surface area contributed by atoms with Crippen molar-refractivity contribution in [2.45, 2.75) is 12.8 Å². The van der Waals surface area contributed by atoms with Gasteiger partial charge in [-0.1, -0.05) is 37.3 Å². The summed E-state index contributed by atoms with van der Waals surface area (Å²) in [5.74, 6) is -0.0167. The monoisotopic (exact) mass is 336 g/mol. The van der Waals surface area contributed by atoms with Gasteiger partial charge < -0.3 is 5.32 Å². The Hall–Kier alpha value is -2.73. The third-order valence-electron chi connectivity index (χ3n) is 3.99. The predicted molar refractivity (Wildman–Crippen MR) is 96.5 cm³/mol. The van der Waals surface area contributed by atoms with Gasteiger partial charge in [0, 0.05) is 17.8 Å². The third-order valence-corrected chi connectivity index (χ3v) is 5.25. The maximum absolute atomic E-state index is 12.4. The molecular weight excluding hydrogens is 320 g/mol. The molecular formula is C18H16N4OS. The number of carbonyl (C=O) groups is 1. The Morgan fingerprint density at radius 1 is 1.21 bits per heavy atom. The molecule has 2 aromatic carbocycles. The number of fused-ring (bicyclic) bond motifs is 2. The van der Waals surface area contributed by atoms with E-state index in [9.17, 15) is 4.79 Å². The summed E-state index contributed by atoms with van der Waals surface area (Å²) in [6, 6.07) is 15.7. The number of H-pyrrole nitrogens is 1. The van der Waals surface area contributed by atoms with E-state index in [4.69, 9.17) is 0 Å². The van der Waals surface area contributed by atoms with Gasteiger partial charge in [-0.15, -0.1) is 11.3 Å². The molecule has 2 heterocycles. The van der Waals surface area contributed by atoms with Crippen molar-refractivity contribution in [1.29, 1.82) is 0 Å². The molecule has 4 rings (SSSR count). The smallest absolute Gasteiger partial charge is 0.272 e. The van der Waals surface area contributed by atoms with Gasteiger partial charge in [0.25, 0.3) is 5.91 Å². The van der Waals surface area contributed by atoms with Crippen LogP contribution in [0.25, 0.3) is 21.1 Å². The van der Waals surface area contributed by atoms with E-state index < -0.39 is 0 Å². The number of para-hydroxylation sites is 2. The number of hydrogen-bond acceptors (Lipinski definition) is 4. The fourth-order valence-corrected chi connectivity index (χ4v) is 3.67. The van der Waals surface area contributed by atoms with Gasteiger partial charge in [-0.05, 0) is 18.2 Å². The molecule has 24 heavy (non-hydrogen) atoms. The molecule has 0 fully saturated rings. The number of carbonyl (C=O) groups excluding carboxylic acids is 1. The van der Waals surface area contributed by atoms with E-state index in [0.717, 1.165) is 21.4 Å². The number of hydrogen-bond donors (Lipinski definition) is 2. The van der Waals surface area contributed by atoms with Crippen molar-refractivity contribution < 1.29 is 4.79 Å². The topological polar surface area (TPSA) is 70.7 Å². The van der Waals surface area contributed by atoms with E-state index >= 15 is 0 Å². The van der Waals surface area contributed by atoms with E-state index in [-0.39, 0.29) is 11.8 Å². The van der Waals surface area contributed by atoms with Gasteiger partial charge in [-0.2, -0.15) is 5.10 Å². The molecule has 2 N–H and O–H groups in total. The quantitative estimate of drug-likeness (QED) is 0.597. The minimum atomic E-state index is -0.166. The van der Waals surface area contributed by atoms with E-state index in [1.165, 1.54) is 4.70 Å². The van der Waals surface area contributed by atoms with Crippen molar-refractivity contribution in [3.05, 3.63) is 59.2 Å². The lowest BCUT2D eigenvalue weighted by molar-refractivity contribution is 0.0948. The summed E-state index contributed by atoms with van der Waals surface area (Å²) in [6.45, 7) is 2.60. The summed E-state index contributed by atoms with van der Waals surface area (Å²) < 4.78 is 1.17. The summed E-state index contributed by atoms with van der Waals surface area (Å²) in [5, 5.41) is 11.8. The average molecular weight is 336 g/mol. The minimum Gasteiger partial charge on any atom is -0.350 e. The van der Waals surface area contributed by atoms with Crippen LogP contribution in [0, 0.1) is 0 Å². The molecule has 0 radical (unpaired) electrons. The van der Waals surface area contributed by atoms with Crippen molar-refractivity contribution in [2.24, 2.45) is 0 Å². The number of rotatable bonds is 4. The Morgan fingerprint density at radius 2 is 2.00 bits per heavy atom. The highest BCUT2D eigenvalue weighted by Crippen LogP contribution is 2.27. The van der Waals surface area contributed by atoms with Crippen molar-refractivity contribution in [3.63, 3.8) is 0 Å². The van der Waals surface area contributed by atoms with Crippen LogP contribution in [0.2, 0.25) is 0 Å². The number of thiazole rings is 1. The normalized spacial score (nSPS) is 12.5. The van der Waals surface area contributed by atoms with Crippen molar-refractivity contribution in [1.82, 2.24) is 20.5 Å². The summed E-state index contributed by atoms with van der Waals surface area (Å²) in [7, 11) is 0. The van der Waals surface area contributed by atoms with Crippen LogP contribution < -0.4 is 5.32 Å². The maximum Gasteiger partial charge on any atom is 0.272 e. The molecule has 120 valence electrons. The van der Waals surface area contributed by atoms with Crippen LogP contribution in [0.1, 0.15) is 28.3 Å². The van der Waals surface area contributed by atoms with Crippen LogP contribution in [0.3, 0.4) is 0 Å². The van der Waals surface area contributed by atoms with Crippen molar-refractivity contribution in [2.75, 3.05) is 6.54 Å². The van der Waals surface area contributed by atoms with E-state index in [2.05, 4.69) is 33.5 Å². The molecule has 0 spiro atoms. The third kappa shape index (κ3) is 2.65. The highest BCUT2D eigenvalue weighted by atomic mass is 32.1. The predicted octanol–water partition coefficient (Wildman–Crippen LogP) is 3.71. The molecule has 0 aliphatic heterocycles. The molecule has 1 atom stereocenters. The summed E-state index contributed by atoms with van der Waals surface area (Å²) in [5.41, 5.74) is 2.30. The molecule has 0 saturated heterocycles. The molecule has 4 aromatic rings. The Balaban J connectivity index is 1.48. The fourth-order valence-electron chi connectivity index (χ4n) is 2.65. The molecule has 1 amide bonds. The Kier molecular flexibility index (Phi) is 3.74. The van der Waals surface area contributed by atoms with Crippen LogP contribution in [0.4, 0.5) is 0 Å². The molecule has 2 aromatic heterocycles. The molecule has 5 nitrogen and oxygen atoms in total. The number of benzene rings is 2. The molecule has 0 aliphatic rings. The van der Waals surface area contributed by atoms with Crippen molar-refractivity contribution in [3.8, 4) is 0 Å². The van der Waals surface area contributed by atoms with Gasteiger partial charge in [-0.3, -0.25) is 9.89 Å². The molecule has 0 saturated carbocycles. The minimum absolute atomic E-state index is 0.150. The number of aromatic amines is 1. The van der Waals surface area contributed by atoms with Crippen LogP contribution in [0.15, 0.2) is 48.5 Å². The maximum atomic E-state index is 12.4. The number of nitrogens with zero attached hydrogens (tertiary/aromatic N) is 2. The SMILES string of the molecule is C[C@@H](CNC(=O)c1n[nH]c2ccccc12)c1nc2ccccc2s1. The first-order valence-corrected chi connectivity index (χ1v) is 8.61. The molecule has 0 bridgehead atoms. The molecule has 6 heteroatoms. The van der Waals surface area contributed by atoms with Gasteiger partial charge in [0.2, 0.25) is 0 Å². The van der Waals surface area contributed by atoms with Crippen LogP contribution in [-0.4, -0.2) is 27.6 Å². The number of nitrogens with one attached hydrogen (secondary N) is 2. The highest BCUT2D eigenvalue weighted by Gasteiger charge is 2.16. The summed E-state index contributed by atoms with van der Waals surface area (Å²) >= 11 is 1.67. The second kappa shape index (κ2) is 6.05. The van der Waals surface area contributed by atoms with E-state index in [0.29, 0.717) is 12.2 Å². The zero-order valence-corrected chi connectivity index (χ0v) is 13.9. The van der Waals surface area contributed by atoms with Crippen LogP contribution in [-0.2, 0) is 0 Å². The van der Waals surface area contributed by atoms with Gasteiger partial charge >= 0.3 is 0 Å². The second-order valence-corrected chi connectivity index (χ2v) is 6.81. The van der Waals surface area contributed by atoms with Gasteiger partial charge in [0.15, 0.2) is 5.69 Å². The first-order valence-electron chi connectivity index (χ1n) is 7.79. The zero-order valence-electron chi connectivity index (χ0n) is 13.1. The number of aromatic nitrogens is 3. The first-order chi connectivity index (χ1) is 11.7. The van der Waals surface area contributed by atoms with E-state index in [1.807, 2.05) is 42.5 Å². The van der Waals surface area contributed by atoms with E-state index in [1.54, 1.807) is 11.3 Å². The molecule has 0 aliphatic carbocycles. The summed E-state index contributed by atoms with van der Waals surface area (Å²) in [6.07, 6.45) is 0. The zero-order chi connectivity index (χ0) is 16.5. The lowest BCUT2D eigenvalue weighted by Crippen LogP contribution is -2.27. The van der Waals surface area contributed by atoms with Gasteiger partial charge in [0.1, 0.15) is 0 Å². The largest absolute Gasteiger partial charge is 0.350 e. The highest BCUT2D eigenvalue weighted by molar-refractivity contribution is 7.18. The van der Waals surface area contributed by atoms with Crippen LogP contribution in [0.5, 0.6) is 0 Å². The Morgan fingerprint density at radius 3 is 2.88 bits per heavy atom. The number of amides is 1. The standard InChI is InChI=1S/C18H16N4OS/c1-11(18-20-14-8-4-5-9-15(14)24-18)10-19-17(23)16-12-6-2-3-7-13(12)21-22-16/h2-9,11H,10H2,1H3,(H,19,23)(H,21,22)/t11-/m0/s1. The van der Waals surface area contributed by atoms with Gasteiger partial charge in [0.05, 0.1) is 20.7 Å². The lowest BCUT2D eigenvalue weighted by atomic mass is 10.1. The van der Waals surface area contributed by atoms with Gasteiger partial charge in [-0.25, -0.2) is 4.98 Å². The van der Waals surface area contributed by atoms with Crippen molar-refractivity contribution >= 4 is 38.4 Å². The fraction of sp³-hybridized carbons (Fsp3) is 0.167.